The molecule has 0 saturated carbocycles. The average Bonchev–Trinajstić information content (AvgIpc) is 3.22. The molecule has 1 aliphatic heterocycles. The smallest absolute Gasteiger partial charge is 0.257 e. The monoisotopic (exact) mass is 353 g/mol. The highest BCUT2D eigenvalue weighted by Gasteiger charge is 2.18. The standard InChI is InChI=1S/C19H19N3O2S/c1-12-10-16(13(2)22(12)19-20-7-9-25-19)18(23)21-15-5-6-17-14(11-15)4-3-8-24-17/h5-7,9-11H,3-4,8H2,1-2H3,(H,21,23). The van der Waals surface area contributed by atoms with Crippen LogP contribution in [0.3, 0.4) is 0 Å². The van der Waals surface area contributed by atoms with Gasteiger partial charge in [-0.25, -0.2) is 4.98 Å². The number of carbonyl (C=O) groups is 1. The maximum absolute atomic E-state index is 12.8. The van der Waals surface area contributed by atoms with Crippen LogP contribution in [-0.4, -0.2) is 22.1 Å². The normalized spacial score (nSPS) is 13.2. The van der Waals surface area contributed by atoms with Crippen LogP contribution in [0.2, 0.25) is 0 Å². The maximum atomic E-state index is 12.8. The van der Waals surface area contributed by atoms with Gasteiger partial charge in [0.1, 0.15) is 5.75 Å². The van der Waals surface area contributed by atoms with Gasteiger partial charge in [-0.2, -0.15) is 0 Å². The first-order valence-corrected chi connectivity index (χ1v) is 9.17. The quantitative estimate of drug-likeness (QED) is 0.770. The van der Waals surface area contributed by atoms with Crippen LogP contribution in [0.5, 0.6) is 5.75 Å². The van der Waals surface area contributed by atoms with Gasteiger partial charge in [-0.15, -0.1) is 11.3 Å². The number of amides is 1. The molecule has 128 valence electrons. The van der Waals surface area contributed by atoms with E-state index in [4.69, 9.17) is 4.74 Å². The fourth-order valence-corrected chi connectivity index (χ4v) is 4.00. The first-order chi connectivity index (χ1) is 12.1. The lowest BCUT2D eigenvalue weighted by molar-refractivity contribution is 0.102. The largest absolute Gasteiger partial charge is 0.493 e. The summed E-state index contributed by atoms with van der Waals surface area (Å²) in [5, 5.41) is 5.82. The van der Waals surface area contributed by atoms with Crippen LogP contribution in [0.25, 0.3) is 5.13 Å². The maximum Gasteiger partial charge on any atom is 0.257 e. The molecule has 0 unspecified atom stereocenters. The number of rotatable bonds is 3. The highest BCUT2D eigenvalue weighted by atomic mass is 32.1. The van der Waals surface area contributed by atoms with Crippen LogP contribution in [-0.2, 0) is 6.42 Å². The zero-order chi connectivity index (χ0) is 17.4. The second kappa shape index (κ2) is 6.37. The van der Waals surface area contributed by atoms with Crippen LogP contribution < -0.4 is 10.1 Å². The van der Waals surface area contributed by atoms with E-state index in [9.17, 15) is 4.79 Å². The Hall–Kier alpha value is -2.60. The molecule has 1 N–H and O–H groups in total. The average molecular weight is 353 g/mol. The molecule has 0 saturated heterocycles. The van der Waals surface area contributed by atoms with Crippen LogP contribution >= 0.6 is 11.3 Å². The summed E-state index contributed by atoms with van der Waals surface area (Å²) in [6.07, 6.45) is 3.77. The highest BCUT2D eigenvalue weighted by molar-refractivity contribution is 7.12. The van der Waals surface area contributed by atoms with E-state index in [-0.39, 0.29) is 5.91 Å². The van der Waals surface area contributed by atoms with Crippen molar-refractivity contribution < 1.29 is 9.53 Å². The molecule has 0 atom stereocenters. The molecule has 25 heavy (non-hydrogen) atoms. The van der Waals surface area contributed by atoms with Gasteiger partial charge in [0.15, 0.2) is 5.13 Å². The molecule has 3 aromatic rings. The summed E-state index contributed by atoms with van der Waals surface area (Å²) >= 11 is 1.56. The van der Waals surface area contributed by atoms with E-state index < -0.39 is 0 Å². The summed E-state index contributed by atoms with van der Waals surface area (Å²) in [4.78, 5) is 17.1. The van der Waals surface area contributed by atoms with Gasteiger partial charge >= 0.3 is 0 Å². The molecular formula is C19H19N3O2S. The molecule has 3 heterocycles. The Morgan fingerprint density at radius 3 is 3.00 bits per heavy atom. The minimum absolute atomic E-state index is 0.104. The van der Waals surface area contributed by atoms with Crippen LogP contribution in [0.4, 0.5) is 5.69 Å². The van der Waals surface area contributed by atoms with Crippen molar-refractivity contribution in [2.45, 2.75) is 26.7 Å². The lowest BCUT2D eigenvalue weighted by Crippen LogP contribution is -2.14. The number of hydrogen-bond donors (Lipinski definition) is 1. The van der Waals surface area contributed by atoms with Crippen molar-refractivity contribution in [3.63, 3.8) is 0 Å². The van der Waals surface area contributed by atoms with Gasteiger partial charge in [-0.05, 0) is 56.5 Å². The predicted molar refractivity (Wildman–Crippen MR) is 99.1 cm³/mol. The number of thiazole rings is 1. The van der Waals surface area contributed by atoms with Crippen molar-refractivity contribution in [2.24, 2.45) is 0 Å². The van der Waals surface area contributed by atoms with Crippen LogP contribution in [0.15, 0.2) is 35.8 Å². The number of hydrogen-bond acceptors (Lipinski definition) is 4. The first kappa shape index (κ1) is 15.9. The summed E-state index contributed by atoms with van der Waals surface area (Å²) in [7, 11) is 0. The molecule has 1 aromatic carbocycles. The third-order valence-corrected chi connectivity index (χ3v) is 5.21. The number of carbonyl (C=O) groups excluding carboxylic acids is 1. The van der Waals surface area contributed by atoms with Crippen molar-refractivity contribution in [1.82, 2.24) is 9.55 Å². The van der Waals surface area contributed by atoms with E-state index in [1.165, 1.54) is 0 Å². The SMILES string of the molecule is Cc1cc(C(=O)Nc2ccc3c(c2)CCCO3)c(C)n1-c1nccs1. The summed E-state index contributed by atoms with van der Waals surface area (Å²) < 4.78 is 7.64. The molecule has 0 bridgehead atoms. The van der Waals surface area contributed by atoms with Crippen LogP contribution in [0.1, 0.15) is 33.7 Å². The number of nitrogens with zero attached hydrogens (tertiary/aromatic N) is 2. The minimum Gasteiger partial charge on any atom is -0.493 e. The number of fused-ring (bicyclic) bond motifs is 1. The molecule has 5 nitrogen and oxygen atoms in total. The lowest BCUT2D eigenvalue weighted by Gasteiger charge is -2.18. The lowest BCUT2D eigenvalue weighted by atomic mass is 10.1. The van der Waals surface area contributed by atoms with Gasteiger partial charge in [0, 0.05) is 28.7 Å². The van der Waals surface area contributed by atoms with E-state index in [0.29, 0.717) is 5.56 Å². The van der Waals surface area contributed by atoms with E-state index in [1.807, 2.05) is 48.1 Å². The van der Waals surface area contributed by atoms with E-state index in [0.717, 1.165) is 53.0 Å². The zero-order valence-electron chi connectivity index (χ0n) is 14.2. The summed E-state index contributed by atoms with van der Waals surface area (Å²) in [5.41, 5.74) is 4.51. The Bertz CT molecular complexity index is 929. The Balaban J connectivity index is 1.61. The summed E-state index contributed by atoms with van der Waals surface area (Å²) in [6.45, 7) is 4.70. The number of benzene rings is 1. The predicted octanol–water partition coefficient (Wildman–Crippen LogP) is 4.13. The third kappa shape index (κ3) is 2.93. The van der Waals surface area contributed by atoms with Crippen molar-refractivity contribution in [2.75, 3.05) is 11.9 Å². The fraction of sp³-hybridized carbons (Fsp3) is 0.263. The number of ether oxygens (including phenoxy) is 1. The Morgan fingerprint density at radius 2 is 2.20 bits per heavy atom. The number of anilines is 1. The van der Waals surface area contributed by atoms with E-state index in [2.05, 4.69) is 10.3 Å². The van der Waals surface area contributed by atoms with Crippen molar-refractivity contribution >= 4 is 22.9 Å². The summed E-state index contributed by atoms with van der Waals surface area (Å²) in [6, 6.07) is 7.74. The Kier molecular flexibility index (Phi) is 4.05. The van der Waals surface area contributed by atoms with Crippen molar-refractivity contribution in [1.29, 1.82) is 0 Å². The molecule has 2 aromatic heterocycles. The van der Waals surface area contributed by atoms with E-state index >= 15 is 0 Å². The molecular weight excluding hydrogens is 334 g/mol. The van der Waals surface area contributed by atoms with Gasteiger partial charge in [0.2, 0.25) is 0 Å². The van der Waals surface area contributed by atoms with Gasteiger partial charge in [0.05, 0.1) is 12.2 Å². The third-order valence-electron chi connectivity index (χ3n) is 4.45. The Morgan fingerprint density at radius 1 is 1.32 bits per heavy atom. The van der Waals surface area contributed by atoms with Gasteiger partial charge in [-0.3, -0.25) is 9.36 Å². The zero-order valence-corrected chi connectivity index (χ0v) is 15.0. The van der Waals surface area contributed by atoms with Gasteiger partial charge < -0.3 is 10.1 Å². The first-order valence-electron chi connectivity index (χ1n) is 8.29. The van der Waals surface area contributed by atoms with Crippen molar-refractivity contribution in [3.8, 4) is 10.9 Å². The number of aryl methyl sites for hydroxylation is 2. The Labute approximate surface area is 150 Å². The van der Waals surface area contributed by atoms with Gasteiger partial charge in [0.25, 0.3) is 5.91 Å². The molecule has 6 heteroatoms. The molecule has 4 rings (SSSR count). The summed E-state index contributed by atoms with van der Waals surface area (Å²) in [5.74, 6) is 0.818. The molecule has 1 aliphatic rings. The highest BCUT2D eigenvalue weighted by Crippen LogP contribution is 2.28. The van der Waals surface area contributed by atoms with Crippen LogP contribution in [0, 0.1) is 13.8 Å². The molecule has 0 radical (unpaired) electrons. The molecule has 0 aliphatic carbocycles. The minimum atomic E-state index is -0.104. The van der Waals surface area contributed by atoms with Gasteiger partial charge in [-0.1, -0.05) is 0 Å². The van der Waals surface area contributed by atoms with Crippen molar-refractivity contribution in [3.05, 3.63) is 58.4 Å². The fourth-order valence-electron chi connectivity index (χ4n) is 3.25. The topological polar surface area (TPSA) is 56.1 Å². The second-order valence-corrected chi connectivity index (χ2v) is 7.04. The second-order valence-electron chi connectivity index (χ2n) is 6.16. The molecule has 0 spiro atoms. The molecule has 0 fully saturated rings. The van der Waals surface area contributed by atoms with E-state index in [1.54, 1.807) is 17.5 Å². The number of nitrogens with one attached hydrogen (secondary N) is 1. The number of aromatic nitrogens is 2. The molecule has 1 amide bonds.